The van der Waals surface area contributed by atoms with Gasteiger partial charge in [-0.2, -0.15) is 4.31 Å². The second kappa shape index (κ2) is 4.87. The Balaban J connectivity index is 1.81. The van der Waals surface area contributed by atoms with E-state index < -0.39 is 10.0 Å². The third kappa shape index (κ3) is 2.41. The van der Waals surface area contributed by atoms with Gasteiger partial charge in [0.05, 0.1) is 0 Å². The highest BCUT2D eigenvalue weighted by molar-refractivity contribution is 7.89. The average molecular weight is 280 g/mol. The summed E-state index contributed by atoms with van der Waals surface area (Å²) in [6, 6.07) is 3.31. The van der Waals surface area contributed by atoms with E-state index in [-0.39, 0.29) is 5.41 Å². The molecule has 1 aromatic heterocycles. The van der Waals surface area contributed by atoms with Gasteiger partial charge in [0.25, 0.3) is 0 Å². The first kappa shape index (κ1) is 13.1. The minimum Gasteiger partial charge on any atom is -0.263 e. The van der Waals surface area contributed by atoms with E-state index >= 15 is 0 Å². The van der Waals surface area contributed by atoms with Gasteiger partial charge in [-0.3, -0.25) is 4.98 Å². The lowest BCUT2D eigenvalue weighted by molar-refractivity contribution is 0.205. The zero-order chi connectivity index (χ0) is 13.3. The molecule has 0 bridgehead atoms. The Morgan fingerprint density at radius 2 is 1.95 bits per heavy atom. The monoisotopic (exact) mass is 280 g/mol. The van der Waals surface area contributed by atoms with Gasteiger partial charge in [0.15, 0.2) is 0 Å². The number of aromatic nitrogens is 1. The van der Waals surface area contributed by atoms with Gasteiger partial charge < -0.3 is 0 Å². The first-order chi connectivity index (χ1) is 9.12. The van der Waals surface area contributed by atoms with Crippen LogP contribution < -0.4 is 0 Å². The van der Waals surface area contributed by atoms with Crippen molar-refractivity contribution in [1.29, 1.82) is 0 Å². The van der Waals surface area contributed by atoms with E-state index in [1.165, 1.54) is 38.3 Å². The van der Waals surface area contributed by atoms with Crippen LogP contribution in [0, 0.1) is 5.41 Å². The quantitative estimate of drug-likeness (QED) is 0.836. The summed E-state index contributed by atoms with van der Waals surface area (Å²) in [5.41, 5.74) is 0.257. The van der Waals surface area contributed by atoms with E-state index in [0.717, 1.165) is 6.42 Å². The van der Waals surface area contributed by atoms with Crippen molar-refractivity contribution >= 4 is 10.0 Å². The lowest BCUT2D eigenvalue weighted by Gasteiger charge is -2.33. The summed E-state index contributed by atoms with van der Waals surface area (Å²) in [4.78, 5) is 4.24. The Labute approximate surface area is 114 Å². The summed E-state index contributed by atoms with van der Waals surface area (Å²) in [6.45, 7) is 1.36. The van der Waals surface area contributed by atoms with Crippen LogP contribution in [-0.4, -0.2) is 30.8 Å². The molecule has 0 unspecified atom stereocenters. The van der Waals surface area contributed by atoms with E-state index in [1.54, 1.807) is 22.6 Å². The second-order valence-corrected chi connectivity index (χ2v) is 7.78. The molecule has 1 aliphatic heterocycles. The Morgan fingerprint density at radius 3 is 2.63 bits per heavy atom. The lowest BCUT2D eigenvalue weighted by Crippen LogP contribution is -2.33. The molecule has 19 heavy (non-hydrogen) atoms. The topological polar surface area (TPSA) is 50.3 Å². The standard InChI is InChI=1S/C14H20N2O2S/c17-19(18,13-5-4-9-15-11-13)16-10-8-14(12-16)6-2-1-3-7-14/h4-5,9,11H,1-3,6-8,10,12H2. The van der Waals surface area contributed by atoms with Gasteiger partial charge in [0.1, 0.15) is 4.90 Å². The number of hydrogen-bond acceptors (Lipinski definition) is 3. The maximum Gasteiger partial charge on any atom is 0.244 e. The van der Waals surface area contributed by atoms with E-state index in [2.05, 4.69) is 4.98 Å². The van der Waals surface area contributed by atoms with Crippen LogP contribution in [0.4, 0.5) is 0 Å². The molecule has 104 valence electrons. The largest absolute Gasteiger partial charge is 0.263 e. The van der Waals surface area contributed by atoms with E-state index in [0.29, 0.717) is 18.0 Å². The van der Waals surface area contributed by atoms with Gasteiger partial charge in [0.2, 0.25) is 10.0 Å². The fourth-order valence-electron chi connectivity index (χ4n) is 3.46. The van der Waals surface area contributed by atoms with Crippen LogP contribution in [0.5, 0.6) is 0 Å². The molecule has 2 heterocycles. The summed E-state index contributed by atoms with van der Waals surface area (Å²) < 4.78 is 26.8. The first-order valence-corrected chi connectivity index (χ1v) is 8.47. The fraction of sp³-hybridized carbons (Fsp3) is 0.643. The molecule has 4 nitrogen and oxygen atoms in total. The van der Waals surface area contributed by atoms with Gasteiger partial charge >= 0.3 is 0 Å². The average Bonchev–Trinajstić information content (AvgIpc) is 2.85. The van der Waals surface area contributed by atoms with Crippen molar-refractivity contribution < 1.29 is 8.42 Å². The third-order valence-corrected chi connectivity index (χ3v) is 6.42. The lowest BCUT2D eigenvalue weighted by atomic mass is 9.74. The minimum atomic E-state index is -3.34. The molecule has 1 saturated carbocycles. The summed E-state index contributed by atoms with van der Waals surface area (Å²) in [6.07, 6.45) is 10.2. The molecule has 0 aromatic carbocycles. The van der Waals surface area contributed by atoms with Crippen molar-refractivity contribution in [2.24, 2.45) is 5.41 Å². The van der Waals surface area contributed by atoms with Crippen LogP contribution in [0.1, 0.15) is 38.5 Å². The number of nitrogens with zero attached hydrogens (tertiary/aromatic N) is 2. The third-order valence-electron chi connectivity index (χ3n) is 4.59. The van der Waals surface area contributed by atoms with Gasteiger partial charge in [-0.25, -0.2) is 8.42 Å². The molecule has 1 aromatic rings. The normalized spacial score (nSPS) is 23.8. The zero-order valence-electron chi connectivity index (χ0n) is 11.1. The number of rotatable bonds is 2. The highest BCUT2D eigenvalue weighted by Crippen LogP contribution is 2.44. The second-order valence-electron chi connectivity index (χ2n) is 5.84. The molecule has 1 saturated heterocycles. The summed E-state index contributed by atoms with van der Waals surface area (Å²) in [5.74, 6) is 0. The smallest absolute Gasteiger partial charge is 0.244 e. The van der Waals surface area contributed by atoms with E-state index in [9.17, 15) is 8.42 Å². The predicted octanol–water partition coefficient (Wildman–Crippen LogP) is 2.43. The Kier molecular flexibility index (Phi) is 3.35. The van der Waals surface area contributed by atoms with Crippen LogP contribution in [0.3, 0.4) is 0 Å². The molecule has 5 heteroatoms. The number of sulfonamides is 1. The SMILES string of the molecule is O=S(=O)(c1cccnc1)N1CCC2(CCCCC2)C1. The molecule has 0 amide bonds. The highest BCUT2D eigenvalue weighted by Gasteiger charge is 2.43. The predicted molar refractivity (Wildman–Crippen MR) is 73.1 cm³/mol. The van der Waals surface area contributed by atoms with Crippen LogP contribution in [0.25, 0.3) is 0 Å². The molecule has 0 radical (unpaired) electrons. The summed E-state index contributed by atoms with van der Waals surface area (Å²) in [5, 5.41) is 0. The van der Waals surface area contributed by atoms with Gasteiger partial charge in [-0.15, -0.1) is 0 Å². The molecular formula is C14H20N2O2S. The van der Waals surface area contributed by atoms with Crippen LogP contribution in [0.2, 0.25) is 0 Å². The molecule has 0 atom stereocenters. The minimum absolute atomic E-state index is 0.257. The molecule has 1 spiro atoms. The summed E-state index contributed by atoms with van der Waals surface area (Å²) >= 11 is 0. The Bertz CT molecular complexity index is 536. The van der Waals surface area contributed by atoms with Gasteiger partial charge in [-0.1, -0.05) is 19.3 Å². The van der Waals surface area contributed by atoms with Crippen molar-refractivity contribution in [3.05, 3.63) is 24.5 Å². The molecule has 1 aliphatic carbocycles. The molecule has 3 rings (SSSR count). The van der Waals surface area contributed by atoms with Crippen molar-refractivity contribution in [3.8, 4) is 0 Å². The molecule has 0 N–H and O–H groups in total. The van der Waals surface area contributed by atoms with Crippen molar-refractivity contribution in [3.63, 3.8) is 0 Å². The van der Waals surface area contributed by atoms with Crippen molar-refractivity contribution in [2.45, 2.75) is 43.4 Å². The molecule has 2 fully saturated rings. The van der Waals surface area contributed by atoms with Crippen LogP contribution in [0.15, 0.2) is 29.4 Å². The van der Waals surface area contributed by atoms with Gasteiger partial charge in [-0.05, 0) is 36.8 Å². The van der Waals surface area contributed by atoms with Crippen LogP contribution >= 0.6 is 0 Å². The van der Waals surface area contributed by atoms with E-state index in [4.69, 9.17) is 0 Å². The number of hydrogen-bond donors (Lipinski definition) is 0. The fourth-order valence-corrected chi connectivity index (χ4v) is 4.98. The van der Waals surface area contributed by atoms with Crippen molar-refractivity contribution in [1.82, 2.24) is 9.29 Å². The van der Waals surface area contributed by atoms with Crippen molar-refractivity contribution in [2.75, 3.05) is 13.1 Å². The Hall–Kier alpha value is -0.940. The zero-order valence-corrected chi connectivity index (χ0v) is 11.9. The Morgan fingerprint density at radius 1 is 1.16 bits per heavy atom. The number of pyridine rings is 1. The molecular weight excluding hydrogens is 260 g/mol. The van der Waals surface area contributed by atoms with E-state index in [1.807, 2.05) is 0 Å². The molecule has 2 aliphatic rings. The maximum absolute atomic E-state index is 12.5. The maximum atomic E-state index is 12.5. The van der Waals surface area contributed by atoms with Crippen LogP contribution in [-0.2, 0) is 10.0 Å². The first-order valence-electron chi connectivity index (χ1n) is 7.03. The highest BCUT2D eigenvalue weighted by atomic mass is 32.2. The van der Waals surface area contributed by atoms with Gasteiger partial charge in [0, 0.05) is 25.5 Å². The summed E-state index contributed by atoms with van der Waals surface area (Å²) in [7, 11) is -3.34.